The van der Waals surface area contributed by atoms with Crippen LogP contribution in [-0.4, -0.2) is 29.1 Å². The van der Waals surface area contributed by atoms with E-state index in [0.29, 0.717) is 34.2 Å². The molecular formula is C30H27N3O6. The molecule has 2 unspecified atom stereocenters. The van der Waals surface area contributed by atoms with Crippen molar-refractivity contribution in [2.45, 2.75) is 33.6 Å². The van der Waals surface area contributed by atoms with E-state index in [4.69, 9.17) is 9.15 Å². The number of ketones is 1. The molecule has 0 spiro atoms. The first-order valence-corrected chi connectivity index (χ1v) is 12.6. The Hall–Kier alpha value is -4.79. The lowest BCUT2D eigenvalue weighted by Crippen LogP contribution is -2.42. The molecule has 1 N–H and O–H groups in total. The fraction of sp³-hybridized carbons (Fsp3) is 0.233. The summed E-state index contributed by atoms with van der Waals surface area (Å²) >= 11 is 0. The van der Waals surface area contributed by atoms with Crippen molar-refractivity contribution in [3.63, 3.8) is 0 Å². The predicted octanol–water partition coefficient (Wildman–Crippen LogP) is 5.63. The second kappa shape index (κ2) is 10.2. The summed E-state index contributed by atoms with van der Waals surface area (Å²) in [4.78, 5) is 42.5. The maximum Gasteiger partial charge on any atom is 0.336 e. The summed E-state index contributed by atoms with van der Waals surface area (Å²) in [5.41, 5.74) is 4.04. The van der Waals surface area contributed by atoms with E-state index in [2.05, 4.69) is 10.3 Å². The predicted molar refractivity (Wildman–Crippen MR) is 146 cm³/mol. The number of hydrogen-bond acceptors (Lipinski definition) is 8. The third kappa shape index (κ3) is 4.79. The molecule has 0 aliphatic carbocycles. The van der Waals surface area contributed by atoms with Crippen molar-refractivity contribution in [3.05, 3.63) is 104 Å². The molecule has 2 aliphatic rings. The summed E-state index contributed by atoms with van der Waals surface area (Å²) in [5, 5.41) is 14.7. The molecule has 2 aromatic carbocycles. The van der Waals surface area contributed by atoms with Crippen molar-refractivity contribution in [3.8, 4) is 11.3 Å². The Morgan fingerprint density at radius 2 is 1.79 bits per heavy atom. The minimum atomic E-state index is -0.741. The number of aliphatic imine (C=N–C) groups is 1. The van der Waals surface area contributed by atoms with Crippen LogP contribution in [0.5, 0.6) is 0 Å². The fourth-order valence-corrected chi connectivity index (χ4v) is 5.05. The van der Waals surface area contributed by atoms with Crippen LogP contribution in [0.4, 0.5) is 5.69 Å². The lowest BCUT2D eigenvalue weighted by molar-refractivity contribution is -0.384. The molecule has 3 heterocycles. The van der Waals surface area contributed by atoms with Gasteiger partial charge >= 0.3 is 5.97 Å². The number of nitrogens with zero attached hydrogens (tertiary/aromatic N) is 2. The highest BCUT2D eigenvalue weighted by molar-refractivity contribution is 6.21. The molecule has 2 aliphatic heterocycles. The molecule has 0 saturated carbocycles. The Morgan fingerprint density at radius 1 is 1.08 bits per heavy atom. The number of furan rings is 1. The van der Waals surface area contributed by atoms with E-state index in [1.54, 1.807) is 45.0 Å². The molecule has 3 aromatic rings. The first-order valence-electron chi connectivity index (χ1n) is 12.6. The summed E-state index contributed by atoms with van der Waals surface area (Å²) < 4.78 is 11.2. The summed E-state index contributed by atoms with van der Waals surface area (Å²) in [5.74, 6) is -0.983. The second-order valence-electron chi connectivity index (χ2n) is 9.62. The van der Waals surface area contributed by atoms with Gasteiger partial charge in [0.15, 0.2) is 5.78 Å². The zero-order valence-electron chi connectivity index (χ0n) is 22.0. The van der Waals surface area contributed by atoms with E-state index < -0.39 is 22.7 Å². The number of allylic oxidation sites excluding steroid dienone is 2. The number of fused-ring (bicyclic) bond motifs is 1. The van der Waals surface area contributed by atoms with E-state index in [1.165, 1.54) is 12.1 Å². The number of rotatable bonds is 6. The van der Waals surface area contributed by atoms with Gasteiger partial charge in [-0.2, -0.15) is 0 Å². The van der Waals surface area contributed by atoms with Crippen LogP contribution < -0.4 is 5.32 Å². The van der Waals surface area contributed by atoms with Crippen LogP contribution in [0.2, 0.25) is 0 Å². The van der Waals surface area contributed by atoms with Crippen LogP contribution in [0.3, 0.4) is 0 Å². The molecule has 1 aromatic heterocycles. The van der Waals surface area contributed by atoms with Crippen LogP contribution in [0.25, 0.3) is 17.4 Å². The molecule has 198 valence electrons. The number of nitrogens with one attached hydrogen (secondary N) is 1. The van der Waals surface area contributed by atoms with Gasteiger partial charge in [-0.1, -0.05) is 35.9 Å². The number of carbonyl (C=O) groups is 2. The number of nitro groups is 1. The number of nitro benzene ring substituents is 1. The van der Waals surface area contributed by atoms with Crippen molar-refractivity contribution in [1.82, 2.24) is 5.32 Å². The molecule has 0 radical (unpaired) electrons. The Balaban J connectivity index is 1.52. The fourth-order valence-electron chi connectivity index (χ4n) is 5.05. The molecule has 0 fully saturated rings. The molecule has 0 bridgehead atoms. The first-order chi connectivity index (χ1) is 18.7. The number of carbonyl (C=O) groups excluding carboxylic acids is 2. The van der Waals surface area contributed by atoms with Gasteiger partial charge in [-0.15, -0.1) is 0 Å². The molecule has 2 atom stereocenters. The van der Waals surface area contributed by atoms with Crippen molar-refractivity contribution >= 4 is 29.4 Å². The molecule has 0 saturated heterocycles. The van der Waals surface area contributed by atoms with Crippen LogP contribution in [0.1, 0.15) is 42.2 Å². The van der Waals surface area contributed by atoms with Gasteiger partial charge in [-0.25, -0.2) is 9.79 Å². The summed E-state index contributed by atoms with van der Waals surface area (Å²) in [6.07, 6.45) is 1.52. The van der Waals surface area contributed by atoms with E-state index in [0.717, 1.165) is 16.7 Å². The number of benzene rings is 2. The zero-order chi connectivity index (χ0) is 27.8. The van der Waals surface area contributed by atoms with Crippen molar-refractivity contribution in [2.75, 3.05) is 6.61 Å². The quantitative estimate of drug-likeness (QED) is 0.191. The van der Waals surface area contributed by atoms with Gasteiger partial charge in [0.2, 0.25) is 0 Å². The second-order valence-corrected chi connectivity index (χ2v) is 9.62. The highest BCUT2D eigenvalue weighted by atomic mass is 16.6. The Morgan fingerprint density at radius 3 is 2.49 bits per heavy atom. The van der Waals surface area contributed by atoms with Crippen LogP contribution in [-0.2, 0) is 14.3 Å². The number of Topliss-reactive ketones (excluding diaryl/α,β-unsaturated/α-hetero) is 1. The summed E-state index contributed by atoms with van der Waals surface area (Å²) in [7, 11) is 0. The van der Waals surface area contributed by atoms with Gasteiger partial charge in [-0.3, -0.25) is 14.9 Å². The highest BCUT2D eigenvalue weighted by Gasteiger charge is 2.47. The largest absolute Gasteiger partial charge is 0.463 e. The van der Waals surface area contributed by atoms with E-state index >= 15 is 0 Å². The lowest BCUT2D eigenvalue weighted by Gasteiger charge is -2.32. The van der Waals surface area contributed by atoms with Crippen molar-refractivity contribution in [2.24, 2.45) is 10.9 Å². The topological polar surface area (TPSA) is 124 Å². The summed E-state index contributed by atoms with van der Waals surface area (Å²) in [6.45, 7) is 7.46. The van der Waals surface area contributed by atoms with E-state index in [1.807, 2.05) is 31.2 Å². The Labute approximate surface area is 225 Å². The molecule has 5 rings (SSSR count). The monoisotopic (exact) mass is 525 g/mol. The standard InChI is InChI=1S/C30H27N3O6/c1-5-38-30(35)25-18(4)31-29-27(26(25)19-9-6-16(2)7-10-19)28(34)22(32-29)15-20-11-13-24(39-20)21-12-8-17(3)14-23(21)33(36)37/h6-15,26-27H,5H2,1-4H3,(H,31,32)/b22-15-. The van der Waals surface area contributed by atoms with E-state index in [9.17, 15) is 19.7 Å². The first kappa shape index (κ1) is 25.8. The molecular weight excluding hydrogens is 498 g/mol. The van der Waals surface area contributed by atoms with Crippen LogP contribution in [0.15, 0.2) is 81.0 Å². The Bertz CT molecular complexity index is 1590. The average molecular weight is 526 g/mol. The summed E-state index contributed by atoms with van der Waals surface area (Å²) in [6, 6.07) is 15.9. The lowest BCUT2D eigenvalue weighted by atomic mass is 9.75. The van der Waals surface area contributed by atoms with Gasteiger partial charge in [0.1, 0.15) is 23.1 Å². The van der Waals surface area contributed by atoms with Gasteiger partial charge in [0.25, 0.3) is 5.69 Å². The molecule has 39 heavy (non-hydrogen) atoms. The van der Waals surface area contributed by atoms with Crippen LogP contribution in [0, 0.1) is 29.9 Å². The van der Waals surface area contributed by atoms with Crippen molar-refractivity contribution in [1.29, 1.82) is 0 Å². The normalized spacial score (nSPS) is 19.5. The average Bonchev–Trinajstić information content (AvgIpc) is 3.48. The maximum absolute atomic E-state index is 13.8. The molecule has 9 heteroatoms. The van der Waals surface area contributed by atoms with E-state index in [-0.39, 0.29) is 23.8 Å². The highest BCUT2D eigenvalue weighted by Crippen LogP contribution is 2.43. The number of aryl methyl sites for hydroxylation is 2. The molecule has 9 nitrogen and oxygen atoms in total. The zero-order valence-corrected chi connectivity index (χ0v) is 22.0. The SMILES string of the molecule is CCOC(=O)C1=C(C)NC2=N/C(=C\c3ccc(-c4ccc(C)cc4[N+](=O)[O-])o3)C(=O)C2C1c1ccc(C)cc1. The van der Waals surface area contributed by atoms with Gasteiger partial charge in [0.05, 0.1) is 28.6 Å². The third-order valence-corrected chi connectivity index (χ3v) is 6.89. The minimum absolute atomic E-state index is 0.0649. The van der Waals surface area contributed by atoms with Gasteiger partial charge in [0, 0.05) is 23.8 Å². The number of esters is 1. The number of amidine groups is 1. The van der Waals surface area contributed by atoms with Crippen LogP contribution >= 0.6 is 0 Å². The molecule has 0 amide bonds. The van der Waals surface area contributed by atoms with Gasteiger partial charge < -0.3 is 14.5 Å². The van der Waals surface area contributed by atoms with Crippen molar-refractivity contribution < 1.29 is 23.7 Å². The van der Waals surface area contributed by atoms with Gasteiger partial charge in [-0.05, 0) is 57.0 Å². The Kier molecular flexibility index (Phi) is 6.74. The smallest absolute Gasteiger partial charge is 0.336 e. The number of hydrogen-bond donors (Lipinski definition) is 1. The number of ether oxygens (including phenoxy) is 1. The third-order valence-electron chi connectivity index (χ3n) is 6.89. The maximum atomic E-state index is 13.8. The minimum Gasteiger partial charge on any atom is -0.463 e.